The molecule has 0 atom stereocenters. The summed E-state index contributed by atoms with van der Waals surface area (Å²) < 4.78 is 0. The molecule has 13 heavy (non-hydrogen) atoms. The zero-order valence-electron chi connectivity index (χ0n) is 8.42. The van der Waals surface area contributed by atoms with Gasteiger partial charge in [0.15, 0.2) is 0 Å². The Morgan fingerprint density at radius 3 is 2.69 bits per heavy atom. The van der Waals surface area contributed by atoms with Gasteiger partial charge in [0.1, 0.15) is 0 Å². The summed E-state index contributed by atoms with van der Waals surface area (Å²) in [6.45, 7) is 0.818. The van der Waals surface area contributed by atoms with Gasteiger partial charge < -0.3 is 10.2 Å². The van der Waals surface area contributed by atoms with Crippen molar-refractivity contribution in [2.45, 2.75) is 25.3 Å². The Balaban J connectivity index is 2.12. The Labute approximate surface area is 79.8 Å². The van der Waals surface area contributed by atoms with E-state index in [9.17, 15) is 4.79 Å². The van der Waals surface area contributed by atoms with Gasteiger partial charge in [-0.05, 0) is 33.4 Å². The first-order chi connectivity index (χ1) is 6.18. The summed E-state index contributed by atoms with van der Waals surface area (Å²) in [4.78, 5) is 13.2. The summed E-state index contributed by atoms with van der Waals surface area (Å²) >= 11 is 0. The van der Waals surface area contributed by atoms with Gasteiger partial charge in [0.25, 0.3) is 0 Å². The molecule has 1 aliphatic carbocycles. The normalized spacial score (nSPS) is 17.8. The molecule has 3 heteroatoms. The Kier molecular flexibility index (Phi) is 3.96. The smallest absolute Gasteiger partial charge is 0.243 e. The molecule has 1 saturated carbocycles. The average Bonchev–Trinajstić information content (AvgIpc) is 1.96. The first-order valence-electron chi connectivity index (χ1n) is 4.80. The minimum absolute atomic E-state index is 0.0477. The fourth-order valence-electron chi connectivity index (χ4n) is 1.17. The number of nitrogens with one attached hydrogen (secondary N) is 1. The minimum Gasteiger partial charge on any atom is -0.350 e. The molecule has 0 heterocycles. The number of carbonyl (C=O) groups excluding carboxylic acids is 1. The molecule has 0 bridgehead atoms. The summed E-state index contributed by atoms with van der Waals surface area (Å²) in [5, 5.41) is 2.95. The fraction of sp³-hybridized carbons (Fsp3) is 0.700. The Hall–Kier alpha value is -0.830. The highest BCUT2D eigenvalue weighted by molar-refractivity contribution is 5.87. The van der Waals surface area contributed by atoms with E-state index in [-0.39, 0.29) is 5.91 Å². The third kappa shape index (κ3) is 4.08. The van der Waals surface area contributed by atoms with Gasteiger partial charge in [-0.25, -0.2) is 0 Å². The van der Waals surface area contributed by atoms with Gasteiger partial charge in [-0.3, -0.25) is 4.79 Å². The van der Waals surface area contributed by atoms with Crippen molar-refractivity contribution < 1.29 is 4.79 Å². The van der Waals surface area contributed by atoms with E-state index >= 15 is 0 Å². The Morgan fingerprint density at radius 2 is 2.23 bits per heavy atom. The number of nitrogens with zero attached hydrogens (tertiary/aromatic N) is 1. The van der Waals surface area contributed by atoms with Gasteiger partial charge in [0.05, 0.1) is 0 Å². The van der Waals surface area contributed by atoms with Crippen molar-refractivity contribution >= 4 is 5.91 Å². The predicted molar refractivity (Wildman–Crippen MR) is 53.5 cm³/mol. The van der Waals surface area contributed by atoms with Crippen molar-refractivity contribution in [2.75, 3.05) is 20.6 Å². The highest BCUT2D eigenvalue weighted by atomic mass is 16.1. The van der Waals surface area contributed by atoms with Crippen molar-refractivity contribution in [3.63, 3.8) is 0 Å². The SMILES string of the molecule is CN(C)C/C=C/C(=O)NC1CCC1. The molecule has 0 spiro atoms. The molecular weight excluding hydrogens is 164 g/mol. The molecule has 0 aromatic rings. The number of hydrogen-bond donors (Lipinski definition) is 1. The molecule has 0 radical (unpaired) electrons. The monoisotopic (exact) mass is 182 g/mol. The predicted octanol–water partition coefficient (Wildman–Crippen LogP) is 0.773. The summed E-state index contributed by atoms with van der Waals surface area (Å²) in [5.41, 5.74) is 0. The molecule has 74 valence electrons. The zero-order valence-corrected chi connectivity index (χ0v) is 8.42. The standard InChI is InChI=1S/C10H18N2O/c1-12(2)8-4-7-10(13)11-9-5-3-6-9/h4,7,9H,3,5-6,8H2,1-2H3,(H,11,13)/b7-4+. The summed E-state index contributed by atoms with van der Waals surface area (Å²) in [7, 11) is 3.96. The van der Waals surface area contributed by atoms with Crippen LogP contribution in [0.4, 0.5) is 0 Å². The molecule has 1 N–H and O–H groups in total. The third-order valence-electron chi connectivity index (χ3n) is 2.19. The van der Waals surface area contributed by atoms with E-state index in [1.165, 1.54) is 6.42 Å². The van der Waals surface area contributed by atoms with Gasteiger partial charge in [0, 0.05) is 18.7 Å². The van der Waals surface area contributed by atoms with Crippen LogP contribution < -0.4 is 5.32 Å². The molecule has 0 aromatic heterocycles. The maximum atomic E-state index is 11.2. The highest BCUT2D eigenvalue weighted by Gasteiger charge is 2.17. The topological polar surface area (TPSA) is 32.3 Å². The summed E-state index contributed by atoms with van der Waals surface area (Å²) in [5.74, 6) is 0.0477. The van der Waals surface area contributed by atoms with E-state index in [4.69, 9.17) is 0 Å². The number of likely N-dealkylation sites (N-methyl/N-ethyl adjacent to an activating group) is 1. The number of rotatable bonds is 4. The maximum Gasteiger partial charge on any atom is 0.243 e. The van der Waals surface area contributed by atoms with Gasteiger partial charge in [0.2, 0.25) is 5.91 Å². The van der Waals surface area contributed by atoms with Gasteiger partial charge in [-0.15, -0.1) is 0 Å². The first kappa shape index (κ1) is 10.3. The molecule has 0 aromatic carbocycles. The Bertz CT molecular complexity index is 195. The van der Waals surface area contributed by atoms with E-state index in [0.717, 1.165) is 19.4 Å². The third-order valence-corrected chi connectivity index (χ3v) is 2.19. The van der Waals surface area contributed by atoms with Crippen molar-refractivity contribution in [1.29, 1.82) is 0 Å². The van der Waals surface area contributed by atoms with Crippen LogP contribution in [-0.4, -0.2) is 37.5 Å². The second kappa shape index (κ2) is 5.02. The lowest BCUT2D eigenvalue weighted by Crippen LogP contribution is -2.38. The van der Waals surface area contributed by atoms with Gasteiger partial charge >= 0.3 is 0 Å². The van der Waals surface area contributed by atoms with Crippen molar-refractivity contribution in [2.24, 2.45) is 0 Å². The van der Waals surface area contributed by atoms with Crippen LogP contribution in [0.1, 0.15) is 19.3 Å². The summed E-state index contributed by atoms with van der Waals surface area (Å²) in [6.07, 6.45) is 7.05. The summed E-state index contributed by atoms with van der Waals surface area (Å²) in [6, 6.07) is 0.441. The van der Waals surface area contributed by atoms with Crippen molar-refractivity contribution in [3.05, 3.63) is 12.2 Å². The number of carbonyl (C=O) groups is 1. The number of hydrogen-bond acceptors (Lipinski definition) is 2. The van der Waals surface area contributed by atoms with E-state index in [2.05, 4.69) is 5.32 Å². The van der Waals surface area contributed by atoms with Crippen LogP contribution >= 0.6 is 0 Å². The van der Waals surface area contributed by atoms with Crippen LogP contribution in [-0.2, 0) is 4.79 Å². The van der Waals surface area contributed by atoms with Crippen molar-refractivity contribution in [3.8, 4) is 0 Å². The highest BCUT2D eigenvalue weighted by Crippen LogP contribution is 2.17. The van der Waals surface area contributed by atoms with Crippen LogP contribution in [0.2, 0.25) is 0 Å². The lowest BCUT2D eigenvalue weighted by Gasteiger charge is -2.25. The molecule has 1 rings (SSSR count). The largest absolute Gasteiger partial charge is 0.350 e. The fourth-order valence-corrected chi connectivity index (χ4v) is 1.17. The minimum atomic E-state index is 0.0477. The second-order valence-corrected chi connectivity index (χ2v) is 3.80. The van der Waals surface area contributed by atoms with Crippen LogP contribution in [0.5, 0.6) is 0 Å². The molecule has 3 nitrogen and oxygen atoms in total. The van der Waals surface area contributed by atoms with Crippen molar-refractivity contribution in [1.82, 2.24) is 10.2 Å². The molecule has 1 amide bonds. The maximum absolute atomic E-state index is 11.2. The molecular formula is C10H18N2O. The van der Waals surface area contributed by atoms with Crippen LogP contribution in [0.3, 0.4) is 0 Å². The van der Waals surface area contributed by atoms with E-state index in [0.29, 0.717) is 6.04 Å². The number of amides is 1. The van der Waals surface area contributed by atoms with Gasteiger partial charge in [-0.2, -0.15) is 0 Å². The van der Waals surface area contributed by atoms with E-state index in [1.54, 1.807) is 6.08 Å². The molecule has 1 aliphatic rings. The Morgan fingerprint density at radius 1 is 1.54 bits per heavy atom. The lowest BCUT2D eigenvalue weighted by atomic mass is 9.93. The van der Waals surface area contributed by atoms with Crippen LogP contribution in [0, 0.1) is 0 Å². The average molecular weight is 182 g/mol. The molecule has 0 aliphatic heterocycles. The zero-order chi connectivity index (χ0) is 9.68. The van der Waals surface area contributed by atoms with E-state index < -0.39 is 0 Å². The van der Waals surface area contributed by atoms with Crippen LogP contribution in [0.25, 0.3) is 0 Å². The van der Waals surface area contributed by atoms with Crippen LogP contribution in [0.15, 0.2) is 12.2 Å². The molecule has 1 fully saturated rings. The molecule has 0 unspecified atom stereocenters. The first-order valence-corrected chi connectivity index (χ1v) is 4.80. The van der Waals surface area contributed by atoms with E-state index in [1.807, 2.05) is 25.1 Å². The molecule has 0 saturated heterocycles. The lowest BCUT2D eigenvalue weighted by molar-refractivity contribution is -0.117. The quantitative estimate of drug-likeness (QED) is 0.651. The van der Waals surface area contributed by atoms with Gasteiger partial charge in [-0.1, -0.05) is 6.08 Å². The second-order valence-electron chi connectivity index (χ2n) is 3.80.